The van der Waals surface area contributed by atoms with Crippen molar-refractivity contribution >= 4 is 64.8 Å². The lowest BCUT2D eigenvalue weighted by molar-refractivity contribution is 0.112. The van der Waals surface area contributed by atoms with Gasteiger partial charge >= 0.3 is 0 Å². The second-order valence-corrected chi connectivity index (χ2v) is 5.63. The maximum absolute atomic E-state index is 10.8. The molecule has 2 aromatic rings. The van der Waals surface area contributed by atoms with Gasteiger partial charge < -0.3 is 0 Å². The fourth-order valence-electron chi connectivity index (χ4n) is 1.43. The SMILES string of the molecule is O=Cc1ccc2c(Br)cc(Br)cc2c1Br. The standard InChI is InChI=1S/C11H5Br3O/c12-7-3-9-8(10(13)4-7)2-1-6(5-15)11(9)14/h1-5H. The number of fused-ring (bicyclic) bond motifs is 1. The molecule has 0 aliphatic heterocycles. The molecule has 0 saturated carbocycles. The van der Waals surface area contributed by atoms with E-state index in [9.17, 15) is 4.79 Å². The maximum Gasteiger partial charge on any atom is 0.151 e. The van der Waals surface area contributed by atoms with Crippen LogP contribution in [-0.2, 0) is 0 Å². The van der Waals surface area contributed by atoms with Crippen LogP contribution in [-0.4, -0.2) is 6.29 Å². The van der Waals surface area contributed by atoms with Gasteiger partial charge in [-0.1, -0.05) is 37.9 Å². The van der Waals surface area contributed by atoms with E-state index in [2.05, 4.69) is 47.8 Å². The lowest BCUT2D eigenvalue weighted by atomic mass is 10.1. The van der Waals surface area contributed by atoms with Crippen LogP contribution in [0.25, 0.3) is 10.8 Å². The summed E-state index contributed by atoms with van der Waals surface area (Å²) in [5.74, 6) is 0. The maximum atomic E-state index is 10.8. The summed E-state index contributed by atoms with van der Waals surface area (Å²) in [6.45, 7) is 0. The number of aldehydes is 1. The quantitative estimate of drug-likeness (QED) is 0.628. The van der Waals surface area contributed by atoms with Gasteiger partial charge in [0.1, 0.15) is 0 Å². The Bertz CT molecular complexity index is 549. The summed E-state index contributed by atoms with van der Waals surface area (Å²) in [6.07, 6.45) is 0.846. The van der Waals surface area contributed by atoms with Crippen LogP contribution in [0.3, 0.4) is 0 Å². The first-order valence-electron chi connectivity index (χ1n) is 4.16. The smallest absolute Gasteiger partial charge is 0.151 e. The fourth-order valence-corrected chi connectivity index (χ4v) is 3.34. The van der Waals surface area contributed by atoms with Crippen molar-refractivity contribution in [3.05, 3.63) is 43.2 Å². The Labute approximate surface area is 112 Å². The molecule has 1 nitrogen and oxygen atoms in total. The number of hydrogen-bond acceptors (Lipinski definition) is 1. The Morgan fingerprint density at radius 1 is 1.00 bits per heavy atom. The van der Waals surface area contributed by atoms with E-state index in [1.54, 1.807) is 6.07 Å². The van der Waals surface area contributed by atoms with Crippen molar-refractivity contribution in [2.75, 3.05) is 0 Å². The molecule has 0 fully saturated rings. The molecule has 0 aliphatic carbocycles. The van der Waals surface area contributed by atoms with Gasteiger partial charge in [0.05, 0.1) is 0 Å². The highest BCUT2D eigenvalue weighted by Gasteiger charge is 2.07. The van der Waals surface area contributed by atoms with Crippen LogP contribution in [0.15, 0.2) is 37.7 Å². The predicted molar refractivity (Wildman–Crippen MR) is 72.4 cm³/mol. The van der Waals surface area contributed by atoms with Gasteiger partial charge in [-0.2, -0.15) is 0 Å². The minimum absolute atomic E-state index is 0.660. The first-order valence-corrected chi connectivity index (χ1v) is 6.54. The topological polar surface area (TPSA) is 17.1 Å². The van der Waals surface area contributed by atoms with Crippen LogP contribution < -0.4 is 0 Å². The Kier molecular flexibility index (Phi) is 3.28. The van der Waals surface area contributed by atoms with E-state index in [0.717, 1.165) is 30.5 Å². The zero-order valence-electron chi connectivity index (χ0n) is 7.43. The average molecular weight is 393 g/mol. The Morgan fingerprint density at radius 2 is 1.73 bits per heavy atom. The third-order valence-electron chi connectivity index (χ3n) is 2.14. The monoisotopic (exact) mass is 390 g/mol. The van der Waals surface area contributed by atoms with E-state index in [1.165, 1.54) is 0 Å². The van der Waals surface area contributed by atoms with Gasteiger partial charge in [-0.25, -0.2) is 0 Å². The van der Waals surface area contributed by atoms with Crippen molar-refractivity contribution in [1.29, 1.82) is 0 Å². The summed E-state index contributed by atoms with van der Waals surface area (Å²) >= 11 is 10.4. The van der Waals surface area contributed by atoms with Gasteiger partial charge in [-0.15, -0.1) is 0 Å². The van der Waals surface area contributed by atoms with Crippen LogP contribution in [0.5, 0.6) is 0 Å². The summed E-state index contributed by atoms with van der Waals surface area (Å²) in [6, 6.07) is 7.70. The molecule has 0 unspecified atom stereocenters. The highest BCUT2D eigenvalue weighted by atomic mass is 79.9. The van der Waals surface area contributed by atoms with Crippen LogP contribution >= 0.6 is 47.8 Å². The summed E-state index contributed by atoms with van der Waals surface area (Å²) in [4.78, 5) is 10.8. The lowest BCUT2D eigenvalue weighted by Gasteiger charge is -2.06. The first kappa shape index (κ1) is 11.3. The molecule has 0 spiro atoms. The minimum atomic E-state index is 0.660. The lowest BCUT2D eigenvalue weighted by Crippen LogP contribution is -1.85. The van der Waals surface area contributed by atoms with E-state index < -0.39 is 0 Å². The summed E-state index contributed by atoms with van der Waals surface area (Å²) in [7, 11) is 0. The molecule has 0 aromatic heterocycles. The van der Waals surface area contributed by atoms with E-state index in [1.807, 2.05) is 18.2 Å². The summed E-state index contributed by atoms with van der Waals surface area (Å²) < 4.78 is 2.81. The van der Waals surface area contributed by atoms with Crippen molar-refractivity contribution < 1.29 is 4.79 Å². The molecule has 0 saturated heterocycles. The van der Waals surface area contributed by atoms with Crippen molar-refractivity contribution in [3.63, 3.8) is 0 Å². The van der Waals surface area contributed by atoms with Gasteiger partial charge in [0.25, 0.3) is 0 Å². The van der Waals surface area contributed by atoms with E-state index in [0.29, 0.717) is 5.56 Å². The van der Waals surface area contributed by atoms with E-state index >= 15 is 0 Å². The number of carbonyl (C=O) groups is 1. The molecule has 15 heavy (non-hydrogen) atoms. The Balaban J connectivity index is 2.92. The highest BCUT2D eigenvalue weighted by Crippen LogP contribution is 2.34. The third kappa shape index (κ3) is 2.03. The van der Waals surface area contributed by atoms with Gasteiger partial charge in [0.2, 0.25) is 0 Å². The molecule has 76 valence electrons. The number of benzene rings is 2. The molecule has 0 heterocycles. The number of carbonyl (C=O) groups excluding carboxylic acids is 1. The fraction of sp³-hybridized carbons (Fsp3) is 0. The molecule has 0 aliphatic rings. The van der Waals surface area contributed by atoms with Crippen molar-refractivity contribution in [2.45, 2.75) is 0 Å². The Morgan fingerprint density at radius 3 is 2.40 bits per heavy atom. The predicted octanol–water partition coefficient (Wildman–Crippen LogP) is 4.94. The third-order valence-corrected chi connectivity index (χ3v) is 4.14. The van der Waals surface area contributed by atoms with Crippen LogP contribution in [0.1, 0.15) is 10.4 Å². The van der Waals surface area contributed by atoms with Gasteiger partial charge in [0.15, 0.2) is 6.29 Å². The van der Waals surface area contributed by atoms with Crippen LogP contribution in [0, 0.1) is 0 Å². The average Bonchev–Trinajstić information content (AvgIpc) is 2.19. The van der Waals surface area contributed by atoms with Crippen LogP contribution in [0.2, 0.25) is 0 Å². The molecular weight excluding hydrogens is 388 g/mol. The second kappa shape index (κ2) is 4.36. The number of rotatable bonds is 1. The molecule has 0 atom stereocenters. The zero-order chi connectivity index (χ0) is 11.0. The zero-order valence-corrected chi connectivity index (χ0v) is 12.2. The number of hydrogen-bond donors (Lipinski definition) is 0. The summed E-state index contributed by atoms with van der Waals surface area (Å²) in [5.41, 5.74) is 0.660. The van der Waals surface area contributed by atoms with Crippen molar-refractivity contribution in [3.8, 4) is 0 Å². The van der Waals surface area contributed by atoms with E-state index in [-0.39, 0.29) is 0 Å². The van der Waals surface area contributed by atoms with Gasteiger partial charge in [-0.3, -0.25) is 4.79 Å². The molecule has 4 heteroatoms. The molecule has 0 amide bonds. The van der Waals surface area contributed by atoms with Crippen molar-refractivity contribution in [1.82, 2.24) is 0 Å². The first-order chi connectivity index (χ1) is 7.13. The molecule has 0 bridgehead atoms. The largest absolute Gasteiger partial charge is 0.298 e. The molecule has 2 rings (SSSR count). The van der Waals surface area contributed by atoms with Gasteiger partial charge in [0, 0.05) is 19.0 Å². The van der Waals surface area contributed by atoms with Crippen LogP contribution in [0.4, 0.5) is 0 Å². The molecule has 2 aromatic carbocycles. The normalized spacial score (nSPS) is 10.6. The molecular formula is C11H5Br3O. The molecule has 0 radical (unpaired) electrons. The van der Waals surface area contributed by atoms with Crippen molar-refractivity contribution in [2.24, 2.45) is 0 Å². The Hall–Kier alpha value is -0.190. The van der Waals surface area contributed by atoms with Gasteiger partial charge in [-0.05, 0) is 44.9 Å². The molecule has 0 N–H and O–H groups in total. The summed E-state index contributed by atoms with van der Waals surface area (Å²) in [5, 5.41) is 2.09. The highest BCUT2D eigenvalue weighted by molar-refractivity contribution is 9.11. The second-order valence-electron chi connectivity index (χ2n) is 3.07. The number of halogens is 3. The minimum Gasteiger partial charge on any atom is -0.298 e. The van der Waals surface area contributed by atoms with E-state index in [4.69, 9.17) is 0 Å².